The van der Waals surface area contributed by atoms with Crippen LogP contribution in [0.2, 0.25) is 0 Å². The highest BCUT2D eigenvalue weighted by molar-refractivity contribution is 4.88. The molecule has 0 aliphatic carbocycles. The van der Waals surface area contributed by atoms with E-state index in [0.29, 0.717) is 24.5 Å². The van der Waals surface area contributed by atoms with Gasteiger partial charge in [0.1, 0.15) is 6.61 Å². The quantitative estimate of drug-likeness (QED) is 0.756. The van der Waals surface area contributed by atoms with Crippen LogP contribution in [0.5, 0.6) is 0 Å². The third-order valence-electron chi connectivity index (χ3n) is 3.95. The van der Waals surface area contributed by atoms with Gasteiger partial charge in [-0.05, 0) is 25.8 Å². The summed E-state index contributed by atoms with van der Waals surface area (Å²) in [6, 6.07) is 0.875. The van der Waals surface area contributed by atoms with Crippen molar-refractivity contribution in [3.8, 4) is 0 Å². The molecule has 114 valence electrons. The van der Waals surface area contributed by atoms with Crippen LogP contribution in [0.25, 0.3) is 0 Å². The first-order valence-corrected chi connectivity index (χ1v) is 6.97. The van der Waals surface area contributed by atoms with Crippen LogP contribution in [-0.2, 0) is 4.74 Å². The van der Waals surface area contributed by atoms with Gasteiger partial charge >= 0.3 is 6.18 Å². The molecule has 0 radical (unpaired) electrons. The first kappa shape index (κ1) is 16.7. The van der Waals surface area contributed by atoms with E-state index in [1.807, 2.05) is 0 Å². The molecular weight excluding hydrogens is 257 g/mol. The van der Waals surface area contributed by atoms with Gasteiger partial charge in [-0.2, -0.15) is 13.2 Å². The second kappa shape index (κ2) is 7.45. The fourth-order valence-electron chi connectivity index (χ4n) is 2.68. The van der Waals surface area contributed by atoms with Crippen LogP contribution in [0.4, 0.5) is 13.2 Å². The Labute approximate surface area is 113 Å². The summed E-state index contributed by atoms with van der Waals surface area (Å²) in [5, 5.41) is 3.47. The average molecular weight is 282 g/mol. The summed E-state index contributed by atoms with van der Waals surface area (Å²) >= 11 is 0. The lowest BCUT2D eigenvalue weighted by Gasteiger charge is -2.43. The molecule has 3 unspecified atom stereocenters. The highest BCUT2D eigenvalue weighted by Crippen LogP contribution is 2.23. The van der Waals surface area contributed by atoms with E-state index in [-0.39, 0.29) is 6.61 Å². The Morgan fingerprint density at radius 2 is 2.00 bits per heavy atom. The van der Waals surface area contributed by atoms with Gasteiger partial charge in [-0.25, -0.2) is 0 Å². The third kappa shape index (κ3) is 5.67. The van der Waals surface area contributed by atoms with Crippen LogP contribution in [0, 0.1) is 5.92 Å². The number of rotatable bonds is 6. The normalized spacial score (nSPS) is 29.7. The molecule has 0 aromatic heterocycles. The van der Waals surface area contributed by atoms with E-state index in [1.165, 1.54) is 0 Å². The summed E-state index contributed by atoms with van der Waals surface area (Å²) in [7, 11) is 0. The number of likely N-dealkylation sites (tertiary alicyclic amines) is 1. The molecule has 1 N–H and O–H groups in total. The van der Waals surface area contributed by atoms with Crippen LogP contribution in [0.15, 0.2) is 0 Å². The van der Waals surface area contributed by atoms with E-state index < -0.39 is 12.8 Å². The van der Waals surface area contributed by atoms with Gasteiger partial charge in [-0.3, -0.25) is 4.90 Å². The molecule has 0 amide bonds. The zero-order valence-electron chi connectivity index (χ0n) is 12.0. The zero-order valence-corrected chi connectivity index (χ0v) is 12.0. The Balaban J connectivity index is 2.28. The lowest BCUT2D eigenvalue weighted by atomic mass is 9.87. The third-order valence-corrected chi connectivity index (χ3v) is 3.95. The second-order valence-electron chi connectivity index (χ2n) is 5.26. The van der Waals surface area contributed by atoms with Gasteiger partial charge < -0.3 is 10.1 Å². The van der Waals surface area contributed by atoms with Crippen molar-refractivity contribution in [2.45, 2.75) is 45.5 Å². The van der Waals surface area contributed by atoms with Crippen LogP contribution in [0.1, 0.15) is 27.2 Å². The molecule has 0 bridgehead atoms. The minimum atomic E-state index is -4.23. The van der Waals surface area contributed by atoms with E-state index >= 15 is 0 Å². The largest absolute Gasteiger partial charge is 0.411 e. The van der Waals surface area contributed by atoms with E-state index in [1.54, 1.807) is 0 Å². The Morgan fingerprint density at radius 3 is 2.58 bits per heavy atom. The van der Waals surface area contributed by atoms with Crippen LogP contribution in [0.3, 0.4) is 0 Å². The number of hydrogen-bond acceptors (Lipinski definition) is 3. The molecule has 0 saturated carbocycles. The number of nitrogens with one attached hydrogen (secondary N) is 1. The highest BCUT2D eigenvalue weighted by Gasteiger charge is 2.32. The maximum absolute atomic E-state index is 11.9. The van der Waals surface area contributed by atoms with Crippen molar-refractivity contribution in [3.63, 3.8) is 0 Å². The smallest absolute Gasteiger partial charge is 0.371 e. The van der Waals surface area contributed by atoms with Gasteiger partial charge in [0, 0.05) is 25.2 Å². The summed E-state index contributed by atoms with van der Waals surface area (Å²) in [5.74, 6) is 0.497. The Morgan fingerprint density at radius 1 is 1.32 bits per heavy atom. The van der Waals surface area contributed by atoms with Crippen molar-refractivity contribution >= 4 is 0 Å². The van der Waals surface area contributed by atoms with Crippen molar-refractivity contribution in [2.24, 2.45) is 5.92 Å². The van der Waals surface area contributed by atoms with Crippen molar-refractivity contribution in [1.29, 1.82) is 0 Å². The van der Waals surface area contributed by atoms with Gasteiger partial charge in [0.05, 0.1) is 6.61 Å². The van der Waals surface area contributed by atoms with Crippen molar-refractivity contribution in [1.82, 2.24) is 10.2 Å². The standard InChI is InChI=1S/C13H25F3N2O/c1-4-17-12-5-6-18(11(3)10(12)2)7-8-19-9-13(14,15)16/h10-12,17H,4-9H2,1-3H3. The lowest BCUT2D eigenvalue weighted by molar-refractivity contribution is -0.175. The molecule has 6 heteroatoms. The second-order valence-corrected chi connectivity index (χ2v) is 5.26. The molecule has 0 spiro atoms. The van der Waals surface area contributed by atoms with E-state index in [2.05, 4.69) is 35.7 Å². The Bertz CT molecular complexity index is 261. The molecule has 1 aliphatic heterocycles. The first-order valence-electron chi connectivity index (χ1n) is 6.97. The van der Waals surface area contributed by atoms with Crippen LogP contribution in [-0.4, -0.2) is 56.0 Å². The van der Waals surface area contributed by atoms with Gasteiger partial charge in [0.25, 0.3) is 0 Å². The van der Waals surface area contributed by atoms with Gasteiger partial charge in [-0.15, -0.1) is 0 Å². The fourth-order valence-corrected chi connectivity index (χ4v) is 2.68. The number of alkyl halides is 3. The SMILES string of the molecule is CCNC1CCN(CCOCC(F)(F)F)C(C)C1C. The number of piperidine rings is 1. The fraction of sp³-hybridized carbons (Fsp3) is 1.00. The lowest BCUT2D eigenvalue weighted by Crippen LogP contribution is -2.54. The van der Waals surface area contributed by atoms with Crippen molar-refractivity contribution in [3.05, 3.63) is 0 Å². The zero-order chi connectivity index (χ0) is 14.5. The maximum Gasteiger partial charge on any atom is 0.411 e. The molecule has 1 saturated heterocycles. The molecule has 19 heavy (non-hydrogen) atoms. The van der Waals surface area contributed by atoms with E-state index in [9.17, 15) is 13.2 Å². The van der Waals surface area contributed by atoms with Gasteiger partial charge in [0.2, 0.25) is 0 Å². The Kier molecular flexibility index (Phi) is 6.56. The summed E-state index contributed by atoms with van der Waals surface area (Å²) in [5.41, 5.74) is 0. The van der Waals surface area contributed by atoms with Crippen molar-refractivity contribution in [2.75, 3.05) is 32.8 Å². The summed E-state index contributed by atoms with van der Waals surface area (Å²) in [4.78, 5) is 2.22. The predicted molar refractivity (Wildman–Crippen MR) is 69.2 cm³/mol. The molecule has 1 fully saturated rings. The number of hydrogen-bond donors (Lipinski definition) is 1. The molecule has 1 rings (SSSR count). The Hall–Kier alpha value is -0.330. The summed E-state index contributed by atoms with van der Waals surface area (Å²) < 4.78 is 40.5. The predicted octanol–water partition coefficient (Wildman–Crippen LogP) is 2.27. The van der Waals surface area contributed by atoms with Crippen molar-refractivity contribution < 1.29 is 17.9 Å². The monoisotopic (exact) mass is 282 g/mol. The van der Waals surface area contributed by atoms with E-state index in [4.69, 9.17) is 0 Å². The molecular formula is C13H25F3N2O. The summed E-state index contributed by atoms with van der Waals surface area (Å²) in [6.07, 6.45) is -3.18. The first-order chi connectivity index (χ1) is 8.85. The topological polar surface area (TPSA) is 24.5 Å². The van der Waals surface area contributed by atoms with Crippen LogP contribution >= 0.6 is 0 Å². The molecule has 1 heterocycles. The van der Waals surface area contributed by atoms with Gasteiger partial charge in [0.15, 0.2) is 0 Å². The highest BCUT2D eigenvalue weighted by atomic mass is 19.4. The molecule has 3 atom stereocenters. The van der Waals surface area contributed by atoms with E-state index in [0.717, 1.165) is 19.5 Å². The minimum Gasteiger partial charge on any atom is -0.371 e. The number of nitrogens with zero attached hydrogens (tertiary/aromatic N) is 1. The molecule has 0 aromatic carbocycles. The summed E-state index contributed by atoms with van der Waals surface area (Å²) in [6.45, 7) is 7.86. The molecule has 3 nitrogen and oxygen atoms in total. The van der Waals surface area contributed by atoms with Gasteiger partial charge in [-0.1, -0.05) is 13.8 Å². The van der Waals surface area contributed by atoms with Crippen LogP contribution < -0.4 is 5.32 Å². The maximum atomic E-state index is 11.9. The molecule has 0 aromatic rings. The molecule has 1 aliphatic rings. The number of ether oxygens (including phenoxy) is 1. The number of halogens is 3. The minimum absolute atomic E-state index is 0.141. The average Bonchev–Trinajstić information content (AvgIpc) is 2.32.